The van der Waals surface area contributed by atoms with Crippen molar-refractivity contribution in [1.29, 1.82) is 0 Å². The predicted octanol–water partition coefficient (Wildman–Crippen LogP) is 3.52. The third-order valence-electron chi connectivity index (χ3n) is 3.04. The molecule has 1 atom stereocenters. The lowest BCUT2D eigenvalue weighted by molar-refractivity contribution is 0.392. The van der Waals surface area contributed by atoms with Crippen LogP contribution in [0, 0.1) is 5.92 Å². The van der Waals surface area contributed by atoms with Crippen LogP contribution in [0.2, 0.25) is 0 Å². The molecule has 1 unspecified atom stereocenters. The Balaban J connectivity index is 2.30. The first-order valence-corrected chi connectivity index (χ1v) is 6.62. The van der Waals surface area contributed by atoms with Crippen LogP contribution >= 0.6 is 15.9 Å². The SMILES string of the molecule is CCNC(c1cc(Br)ccc1OC)C1CC1. The van der Waals surface area contributed by atoms with E-state index in [-0.39, 0.29) is 0 Å². The van der Waals surface area contributed by atoms with Gasteiger partial charge >= 0.3 is 0 Å². The predicted molar refractivity (Wildman–Crippen MR) is 69.8 cm³/mol. The molecule has 1 saturated carbocycles. The van der Waals surface area contributed by atoms with E-state index < -0.39 is 0 Å². The molecule has 1 aliphatic carbocycles. The molecule has 0 aromatic heterocycles. The summed E-state index contributed by atoms with van der Waals surface area (Å²) in [5.41, 5.74) is 1.28. The molecular weight excluding hydrogens is 266 g/mol. The van der Waals surface area contributed by atoms with Crippen molar-refractivity contribution in [2.75, 3.05) is 13.7 Å². The molecule has 88 valence electrons. The van der Waals surface area contributed by atoms with Crippen LogP contribution in [0.25, 0.3) is 0 Å². The van der Waals surface area contributed by atoms with Gasteiger partial charge in [0.05, 0.1) is 7.11 Å². The molecule has 16 heavy (non-hydrogen) atoms. The molecule has 0 spiro atoms. The summed E-state index contributed by atoms with van der Waals surface area (Å²) >= 11 is 3.53. The number of nitrogens with one attached hydrogen (secondary N) is 1. The van der Waals surface area contributed by atoms with E-state index in [4.69, 9.17) is 4.74 Å². The van der Waals surface area contributed by atoms with Crippen molar-refractivity contribution in [3.05, 3.63) is 28.2 Å². The molecule has 1 aromatic carbocycles. The Bertz CT molecular complexity index is 363. The fourth-order valence-electron chi connectivity index (χ4n) is 2.13. The van der Waals surface area contributed by atoms with Crippen molar-refractivity contribution in [2.24, 2.45) is 5.92 Å². The van der Waals surface area contributed by atoms with Crippen LogP contribution in [0.1, 0.15) is 31.4 Å². The van der Waals surface area contributed by atoms with Gasteiger partial charge in [0.2, 0.25) is 0 Å². The van der Waals surface area contributed by atoms with Crippen LogP contribution in [0.5, 0.6) is 5.75 Å². The van der Waals surface area contributed by atoms with Crippen LogP contribution < -0.4 is 10.1 Å². The zero-order valence-electron chi connectivity index (χ0n) is 9.79. The number of rotatable bonds is 5. The van der Waals surface area contributed by atoms with E-state index >= 15 is 0 Å². The van der Waals surface area contributed by atoms with Gasteiger partial charge in [-0.15, -0.1) is 0 Å². The molecule has 1 N–H and O–H groups in total. The Hall–Kier alpha value is -0.540. The topological polar surface area (TPSA) is 21.3 Å². The fraction of sp³-hybridized carbons (Fsp3) is 0.538. The highest BCUT2D eigenvalue weighted by Crippen LogP contribution is 2.44. The van der Waals surface area contributed by atoms with E-state index in [1.54, 1.807) is 7.11 Å². The van der Waals surface area contributed by atoms with Crippen LogP contribution in [0.15, 0.2) is 22.7 Å². The second kappa shape index (κ2) is 5.19. The maximum atomic E-state index is 5.44. The van der Waals surface area contributed by atoms with Crippen molar-refractivity contribution >= 4 is 15.9 Å². The van der Waals surface area contributed by atoms with Gasteiger partial charge in [-0.2, -0.15) is 0 Å². The normalized spacial score (nSPS) is 17.2. The van der Waals surface area contributed by atoms with Crippen molar-refractivity contribution in [3.63, 3.8) is 0 Å². The van der Waals surface area contributed by atoms with Gasteiger partial charge in [0.15, 0.2) is 0 Å². The van der Waals surface area contributed by atoms with Crippen molar-refractivity contribution in [3.8, 4) is 5.75 Å². The number of benzene rings is 1. The number of methoxy groups -OCH3 is 1. The third-order valence-corrected chi connectivity index (χ3v) is 3.54. The van der Waals surface area contributed by atoms with Crippen LogP contribution in [0.3, 0.4) is 0 Å². The molecule has 2 nitrogen and oxygen atoms in total. The average molecular weight is 284 g/mol. The minimum absolute atomic E-state index is 0.442. The molecule has 0 amide bonds. The van der Waals surface area contributed by atoms with Crippen LogP contribution in [-0.2, 0) is 0 Å². The van der Waals surface area contributed by atoms with E-state index in [1.807, 2.05) is 12.1 Å². The lowest BCUT2D eigenvalue weighted by atomic mass is 10.0. The highest BCUT2D eigenvalue weighted by atomic mass is 79.9. The van der Waals surface area contributed by atoms with E-state index in [2.05, 4.69) is 34.2 Å². The molecule has 1 fully saturated rings. The number of hydrogen-bond donors (Lipinski definition) is 1. The Labute approximate surface area is 106 Å². The summed E-state index contributed by atoms with van der Waals surface area (Å²) in [6.07, 6.45) is 2.65. The molecule has 0 saturated heterocycles. The molecule has 0 bridgehead atoms. The van der Waals surface area contributed by atoms with Gasteiger partial charge in [0, 0.05) is 16.1 Å². The lowest BCUT2D eigenvalue weighted by Gasteiger charge is -2.20. The van der Waals surface area contributed by atoms with Gasteiger partial charge < -0.3 is 10.1 Å². The quantitative estimate of drug-likeness (QED) is 0.893. The highest BCUT2D eigenvalue weighted by molar-refractivity contribution is 9.10. The fourth-order valence-corrected chi connectivity index (χ4v) is 2.51. The maximum Gasteiger partial charge on any atom is 0.123 e. The summed E-state index contributed by atoms with van der Waals surface area (Å²) in [5, 5.41) is 3.56. The van der Waals surface area contributed by atoms with E-state index in [0.717, 1.165) is 22.7 Å². The van der Waals surface area contributed by atoms with Gasteiger partial charge in [0.1, 0.15) is 5.75 Å². The Morgan fingerprint density at radius 3 is 2.81 bits per heavy atom. The van der Waals surface area contributed by atoms with Gasteiger partial charge in [-0.1, -0.05) is 22.9 Å². The Kier molecular flexibility index (Phi) is 3.87. The van der Waals surface area contributed by atoms with Crippen molar-refractivity contribution in [2.45, 2.75) is 25.8 Å². The summed E-state index contributed by atoms with van der Waals surface area (Å²) in [4.78, 5) is 0. The van der Waals surface area contributed by atoms with Crippen LogP contribution in [0.4, 0.5) is 0 Å². The molecule has 1 aromatic rings. The molecule has 2 rings (SSSR count). The highest BCUT2D eigenvalue weighted by Gasteiger charge is 2.33. The summed E-state index contributed by atoms with van der Waals surface area (Å²) in [7, 11) is 1.74. The minimum Gasteiger partial charge on any atom is -0.496 e. The van der Waals surface area contributed by atoms with Gasteiger partial charge in [-0.25, -0.2) is 0 Å². The largest absolute Gasteiger partial charge is 0.496 e. The van der Waals surface area contributed by atoms with Gasteiger partial charge in [0.25, 0.3) is 0 Å². The summed E-state index contributed by atoms with van der Waals surface area (Å²) in [5.74, 6) is 1.77. The van der Waals surface area contributed by atoms with E-state index in [1.165, 1.54) is 18.4 Å². The Morgan fingerprint density at radius 1 is 1.50 bits per heavy atom. The zero-order chi connectivity index (χ0) is 11.5. The lowest BCUT2D eigenvalue weighted by Crippen LogP contribution is -2.23. The molecule has 3 heteroatoms. The molecular formula is C13H18BrNO. The number of ether oxygens (including phenoxy) is 1. The summed E-state index contributed by atoms with van der Waals surface area (Å²) < 4.78 is 6.56. The molecule has 0 aliphatic heterocycles. The number of halogens is 1. The average Bonchev–Trinajstić information content (AvgIpc) is 3.10. The first kappa shape index (κ1) is 11.9. The second-order valence-electron chi connectivity index (χ2n) is 4.26. The molecule has 0 heterocycles. The second-order valence-corrected chi connectivity index (χ2v) is 5.17. The van der Waals surface area contributed by atoms with Crippen molar-refractivity contribution in [1.82, 2.24) is 5.32 Å². The van der Waals surface area contributed by atoms with E-state index in [9.17, 15) is 0 Å². The summed E-state index contributed by atoms with van der Waals surface area (Å²) in [6.45, 7) is 3.15. The van der Waals surface area contributed by atoms with Crippen molar-refractivity contribution < 1.29 is 4.74 Å². The third kappa shape index (κ3) is 2.58. The minimum atomic E-state index is 0.442. The smallest absolute Gasteiger partial charge is 0.123 e. The van der Waals surface area contributed by atoms with E-state index in [0.29, 0.717) is 6.04 Å². The summed E-state index contributed by atoms with van der Waals surface area (Å²) in [6, 6.07) is 6.67. The van der Waals surface area contributed by atoms with Gasteiger partial charge in [-0.05, 0) is 43.5 Å². The molecule has 0 radical (unpaired) electrons. The first-order valence-electron chi connectivity index (χ1n) is 5.83. The Morgan fingerprint density at radius 2 is 2.25 bits per heavy atom. The first-order chi connectivity index (χ1) is 7.76. The maximum absolute atomic E-state index is 5.44. The monoisotopic (exact) mass is 283 g/mol. The number of hydrogen-bond acceptors (Lipinski definition) is 2. The zero-order valence-corrected chi connectivity index (χ0v) is 11.4. The molecule has 1 aliphatic rings. The van der Waals surface area contributed by atoms with Gasteiger partial charge in [-0.3, -0.25) is 0 Å². The standard InChI is InChI=1S/C13H18BrNO/c1-3-15-13(9-4-5-9)11-8-10(14)6-7-12(11)16-2/h6-9,13,15H,3-5H2,1-2H3. The van der Waals surface area contributed by atoms with Crippen LogP contribution in [-0.4, -0.2) is 13.7 Å².